The third-order valence-corrected chi connectivity index (χ3v) is 4.56. The van der Waals surface area contributed by atoms with E-state index in [1.165, 1.54) is 17.7 Å². The molecule has 0 heterocycles. The predicted molar refractivity (Wildman–Crippen MR) is 84.9 cm³/mol. The van der Waals surface area contributed by atoms with Gasteiger partial charge in [-0.05, 0) is 64.5 Å². The van der Waals surface area contributed by atoms with Crippen LogP contribution in [0.1, 0.15) is 29.9 Å². The van der Waals surface area contributed by atoms with Crippen molar-refractivity contribution in [3.63, 3.8) is 0 Å². The van der Waals surface area contributed by atoms with Gasteiger partial charge in [-0.3, -0.25) is 4.79 Å². The maximum atomic E-state index is 13.3. The normalized spacial score (nSPS) is 17.1. The summed E-state index contributed by atoms with van der Waals surface area (Å²) < 4.78 is 14.0. The van der Waals surface area contributed by atoms with Gasteiger partial charge >= 0.3 is 0 Å². The summed E-state index contributed by atoms with van der Waals surface area (Å²) >= 11 is 3.33. The number of halogens is 2. The number of anilines is 1. The minimum Gasteiger partial charge on any atom is -0.324 e. The van der Waals surface area contributed by atoms with Gasteiger partial charge in [0.25, 0.3) is 0 Å². The molecule has 1 unspecified atom stereocenters. The highest BCUT2D eigenvalue weighted by atomic mass is 79.9. The summed E-state index contributed by atoms with van der Waals surface area (Å²) in [5.41, 5.74) is 2.80. The van der Waals surface area contributed by atoms with Gasteiger partial charge in [-0.15, -0.1) is 0 Å². The lowest BCUT2D eigenvalue weighted by atomic mass is 9.82. The van der Waals surface area contributed by atoms with Crippen LogP contribution in [-0.2, 0) is 11.2 Å². The molecular weight excluding hydrogens is 333 g/mol. The van der Waals surface area contributed by atoms with Gasteiger partial charge in [-0.2, -0.15) is 0 Å². The van der Waals surface area contributed by atoms with Gasteiger partial charge in [0.1, 0.15) is 5.82 Å². The second-order valence-corrected chi connectivity index (χ2v) is 6.11. The number of aryl methyl sites for hydroxylation is 1. The molecular formula is C17H15BrFNO. The predicted octanol–water partition coefficient (Wildman–Crippen LogP) is 4.65. The number of rotatable bonds is 2. The molecule has 2 aromatic carbocycles. The Hall–Kier alpha value is -1.68. The minimum absolute atomic E-state index is 0.0755. The molecule has 0 bridgehead atoms. The monoisotopic (exact) mass is 347 g/mol. The summed E-state index contributed by atoms with van der Waals surface area (Å²) in [5, 5.41) is 2.84. The van der Waals surface area contributed by atoms with Crippen molar-refractivity contribution in [1.82, 2.24) is 0 Å². The quantitative estimate of drug-likeness (QED) is 0.841. The Morgan fingerprint density at radius 1 is 1.24 bits per heavy atom. The number of fused-ring (bicyclic) bond motifs is 1. The molecule has 0 radical (unpaired) electrons. The molecule has 0 aromatic heterocycles. The van der Waals surface area contributed by atoms with E-state index in [0.29, 0.717) is 10.2 Å². The van der Waals surface area contributed by atoms with Crippen molar-refractivity contribution in [3.05, 3.63) is 63.9 Å². The van der Waals surface area contributed by atoms with Crippen molar-refractivity contribution in [2.45, 2.75) is 25.2 Å². The Bertz CT molecular complexity index is 686. The van der Waals surface area contributed by atoms with Gasteiger partial charge in [-0.1, -0.05) is 24.3 Å². The Kier molecular flexibility index (Phi) is 4.06. The second-order valence-electron chi connectivity index (χ2n) is 5.26. The molecule has 0 aliphatic heterocycles. The Morgan fingerprint density at radius 2 is 2.05 bits per heavy atom. The fourth-order valence-electron chi connectivity index (χ4n) is 2.84. The minimum atomic E-state index is -0.363. The summed E-state index contributed by atoms with van der Waals surface area (Å²) in [5.74, 6) is -0.601. The molecule has 3 rings (SSSR count). The molecule has 0 saturated heterocycles. The number of carbonyl (C=O) groups is 1. The van der Waals surface area contributed by atoms with Crippen LogP contribution in [0.25, 0.3) is 0 Å². The fraction of sp³-hybridized carbons (Fsp3) is 0.235. The standard InChI is InChI=1S/C17H15BrFNO/c18-15-9-8-12(19)10-16(15)20-17(21)14-7-3-5-11-4-1-2-6-13(11)14/h1-2,4,6,8-10,14H,3,5,7H2,(H,20,21). The first-order valence-electron chi connectivity index (χ1n) is 6.99. The van der Waals surface area contributed by atoms with Crippen LogP contribution in [0.2, 0.25) is 0 Å². The molecule has 2 nitrogen and oxygen atoms in total. The van der Waals surface area contributed by atoms with Crippen molar-refractivity contribution in [3.8, 4) is 0 Å². The van der Waals surface area contributed by atoms with Crippen LogP contribution in [0.4, 0.5) is 10.1 Å². The summed E-state index contributed by atoms with van der Waals surface area (Å²) in [7, 11) is 0. The number of hydrogen-bond donors (Lipinski definition) is 1. The van der Waals surface area contributed by atoms with Gasteiger partial charge in [-0.25, -0.2) is 4.39 Å². The van der Waals surface area contributed by atoms with E-state index in [9.17, 15) is 9.18 Å². The van der Waals surface area contributed by atoms with Gasteiger partial charge in [0.05, 0.1) is 11.6 Å². The van der Waals surface area contributed by atoms with E-state index in [2.05, 4.69) is 27.3 Å². The van der Waals surface area contributed by atoms with Crippen LogP contribution in [0.15, 0.2) is 46.9 Å². The van der Waals surface area contributed by atoms with Crippen LogP contribution < -0.4 is 5.32 Å². The molecule has 2 aromatic rings. The first-order valence-corrected chi connectivity index (χ1v) is 7.78. The van der Waals surface area contributed by atoms with Crippen molar-refractivity contribution < 1.29 is 9.18 Å². The zero-order valence-electron chi connectivity index (χ0n) is 11.4. The lowest BCUT2D eigenvalue weighted by Crippen LogP contribution is -2.24. The van der Waals surface area contributed by atoms with E-state index < -0.39 is 0 Å². The number of nitrogens with one attached hydrogen (secondary N) is 1. The molecule has 1 amide bonds. The Labute approximate surface area is 131 Å². The highest BCUT2D eigenvalue weighted by Crippen LogP contribution is 2.33. The zero-order chi connectivity index (χ0) is 14.8. The Balaban J connectivity index is 1.85. The van der Waals surface area contributed by atoms with Crippen LogP contribution in [0.3, 0.4) is 0 Å². The van der Waals surface area contributed by atoms with E-state index >= 15 is 0 Å². The lowest BCUT2D eigenvalue weighted by Gasteiger charge is -2.24. The summed E-state index contributed by atoms with van der Waals surface area (Å²) in [6.45, 7) is 0. The average molecular weight is 348 g/mol. The Morgan fingerprint density at radius 3 is 2.90 bits per heavy atom. The van der Waals surface area contributed by atoms with E-state index in [4.69, 9.17) is 0 Å². The van der Waals surface area contributed by atoms with Gasteiger partial charge in [0.2, 0.25) is 5.91 Å². The van der Waals surface area contributed by atoms with Crippen LogP contribution >= 0.6 is 15.9 Å². The summed E-state index contributed by atoms with van der Waals surface area (Å²) in [4.78, 5) is 12.5. The summed E-state index contributed by atoms with van der Waals surface area (Å²) in [6.07, 6.45) is 2.85. The van der Waals surface area contributed by atoms with E-state index in [1.54, 1.807) is 6.07 Å². The smallest absolute Gasteiger partial charge is 0.231 e. The number of hydrogen-bond acceptors (Lipinski definition) is 1. The molecule has 1 atom stereocenters. The molecule has 108 valence electrons. The van der Waals surface area contributed by atoms with E-state index in [1.807, 2.05) is 18.2 Å². The SMILES string of the molecule is O=C(Nc1cc(F)ccc1Br)C1CCCc2ccccc21. The third-order valence-electron chi connectivity index (χ3n) is 3.87. The molecule has 1 aliphatic rings. The second kappa shape index (κ2) is 5.98. The van der Waals surface area contributed by atoms with Gasteiger partial charge < -0.3 is 5.32 Å². The molecule has 1 N–H and O–H groups in total. The van der Waals surface area contributed by atoms with E-state index in [0.717, 1.165) is 24.8 Å². The van der Waals surface area contributed by atoms with Crippen LogP contribution in [-0.4, -0.2) is 5.91 Å². The number of carbonyl (C=O) groups excluding carboxylic acids is 1. The topological polar surface area (TPSA) is 29.1 Å². The first-order chi connectivity index (χ1) is 10.1. The first kappa shape index (κ1) is 14.3. The molecule has 0 saturated carbocycles. The lowest BCUT2D eigenvalue weighted by molar-refractivity contribution is -0.117. The van der Waals surface area contributed by atoms with Crippen molar-refractivity contribution in [2.24, 2.45) is 0 Å². The molecule has 1 aliphatic carbocycles. The van der Waals surface area contributed by atoms with Gasteiger partial charge in [0.15, 0.2) is 0 Å². The highest BCUT2D eigenvalue weighted by molar-refractivity contribution is 9.10. The third kappa shape index (κ3) is 3.00. The van der Waals surface area contributed by atoms with Crippen molar-refractivity contribution >= 4 is 27.5 Å². The van der Waals surface area contributed by atoms with Crippen LogP contribution in [0, 0.1) is 5.82 Å². The van der Waals surface area contributed by atoms with E-state index in [-0.39, 0.29) is 17.6 Å². The highest BCUT2D eigenvalue weighted by Gasteiger charge is 2.26. The number of amides is 1. The van der Waals surface area contributed by atoms with Gasteiger partial charge in [0, 0.05) is 4.47 Å². The largest absolute Gasteiger partial charge is 0.324 e. The fourth-order valence-corrected chi connectivity index (χ4v) is 3.19. The molecule has 21 heavy (non-hydrogen) atoms. The molecule has 0 spiro atoms. The maximum absolute atomic E-state index is 13.3. The van der Waals surface area contributed by atoms with Crippen LogP contribution in [0.5, 0.6) is 0 Å². The average Bonchev–Trinajstić information content (AvgIpc) is 2.50. The molecule has 4 heteroatoms. The maximum Gasteiger partial charge on any atom is 0.231 e. The van der Waals surface area contributed by atoms with Crippen molar-refractivity contribution in [2.75, 3.05) is 5.32 Å². The number of benzene rings is 2. The molecule has 0 fully saturated rings. The summed E-state index contributed by atoms with van der Waals surface area (Å²) in [6, 6.07) is 12.3. The van der Waals surface area contributed by atoms with Crippen molar-refractivity contribution in [1.29, 1.82) is 0 Å². The zero-order valence-corrected chi connectivity index (χ0v) is 13.0.